The second-order valence-corrected chi connectivity index (χ2v) is 4.39. The molecule has 64 valence electrons. The molecule has 0 aromatic heterocycles. The van der Waals surface area contributed by atoms with Crippen molar-refractivity contribution >= 4 is 0 Å². The van der Waals surface area contributed by atoms with Gasteiger partial charge in [0, 0.05) is 6.04 Å². The maximum absolute atomic E-state index is 6.09. The van der Waals surface area contributed by atoms with Crippen LogP contribution < -0.4 is 5.73 Å². The summed E-state index contributed by atoms with van der Waals surface area (Å²) in [5.74, 6) is 1.90. The highest BCUT2D eigenvalue weighted by Gasteiger charge is 2.28. The van der Waals surface area contributed by atoms with Crippen molar-refractivity contribution < 1.29 is 0 Å². The van der Waals surface area contributed by atoms with Gasteiger partial charge in [0.1, 0.15) is 0 Å². The van der Waals surface area contributed by atoms with Crippen LogP contribution in [0.2, 0.25) is 0 Å². The number of nitrogens with two attached hydrogens (primary N) is 1. The Bertz CT molecular complexity index is 125. The summed E-state index contributed by atoms with van der Waals surface area (Å²) in [5, 5.41) is 0. The van der Waals surface area contributed by atoms with Crippen LogP contribution in [0.3, 0.4) is 0 Å². The third kappa shape index (κ3) is 1.58. The predicted molar refractivity (Wildman–Crippen MR) is 47.3 cm³/mol. The minimum Gasteiger partial charge on any atom is -0.327 e. The van der Waals surface area contributed by atoms with Crippen molar-refractivity contribution in [3.8, 4) is 0 Å². The molecule has 2 rings (SSSR count). The monoisotopic (exact) mass is 153 g/mol. The van der Waals surface area contributed by atoms with Gasteiger partial charge in [-0.3, -0.25) is 0 Å². The normalized spacial score (nSPS) is 29.2. The first-order chi connectivity index (χ1) is 5.36. The van der Waals surface area contributed by atoms with Crippen molar-refractivity contribution in [1.82, 2.24) is 0 Å². The average Bonchev–Trinajstić information content (AvgIpc) is 1.74. The van der Waals surface area contributed by atoms with Crippen molar-refractivity contribution in [2.24, 2.45) is 17.6 Å². The van der Waals surface area contributed by atoms with Crippen LogP contribution >= 0.6 is 0 Å². The van der Waals surface area contributed by atoms with Crippen LogP contribution in [-0.2, 0) is 0 Å². The predicted octanol–water partition coefficient (Wildman–Crippen LogP) is 2.30. The lowest BCUT2D eigenvalue weighted by atomic mass is 9.73. The van der Waals surface area contributed by atoms with E-state index in [0.717, 1.165) is 11.8 Å². The molecular weight excluding hydrogens is 134 g/mol. The summed E-state index contributed by atoms with van der Waals surface area (Å²) >= 11 is 0. The molecule has 2 aliphatic carbocycles. The molecule has 0 bridgehead atoms. The topological polar surface area (TPSA) is 26.0 Å². The van der Waals surface area contributed by atoms with Gasteiger partial charge in [-0.1, -0.05) is 25.7 Å². The molecule has 11 heavy (non-hydrogen) atoms. The summed E-state index contributed by atoms with van der Waals surface area (Å²) in [6.45, 7) is 0. The molecule has 0 radical (unpaired) electrons. The summed E-state index contributed by atoms with van der Waals surface area (Å²) in [6, 6.07) is 0.550. The molecule has 2 N–H and O–H groups in total. The van der Waals surface area contributed by atoms with Crippen LogP contribution in [0, 0.1) is 11.8 Å². The highest BCUT2D eigenvalue weighted by molar-refractivity contribution is 4.84. The lowest BCUT2D eigenvalue weighted by Crippen LogP contribution is -2.37. The van der Waals surface area contributed by atoms with E-state index in [2.05, 4.69) is 0 Å². The van der Waals surface area contributed by atoms with Crippen molar-refractivity contribution in [3.63, 3.8) is 0 Å². The first kappa shape index (κ1) is 7.60. The van der Waals surface area contributed by atoms with Gasteiger partial charge < -0.3 is 5.73 Å². The molecule has 0 spiro atoms. The van der Waals surface area contributed by atoms with E-state index in [1.54, 1.807) is 0 Å². The van der Waals surface area contributed by atoms with E-state index >= 15 is 0 Å². The lowest BCUT2D eigenvalue weighted by molar-refractivity contribution is 0.195. The highest BCUT2D eigenvalue weighted by atomic mass is 14.7. The largest absolute Gasteiger partial charge is 0.327 e. The third-order valence-corrected chi connectivity index (χ3v) is 3.59. The molecule has 0 aromatic carbocycles. The van der Waals surface area contributed by atoms with Gasteiger partial charge in [0.05, 0.1) is 0 Å². The third-order valence-electron chi connectivity index (χ3n) is 3.59. The second kappa shape index (κ2) is 3.14. The number of hydrogen-bond acceptors (Lipinski definition) is 1. The average molecular weight is 153 g/mol. The van der Waals surface area contributed by atoms with Crippen molar-refractivity contribution in [3.05, 3.63) is 0 Å². The van der Waals surface area contributed by atoms with Gasteiger partial charge in [-0.25, -0.2) is 0 Å². The Morgan fingerprint density at radius 3 is 2.09 bits per heavy atom. The molecule has 1 heteroatoms. The zero-order chi connectivity index (χ0) is 7.68. The van der Waals surface area contributed by atoms with Crippen LogP contribution in [0.15, 0.2) is 0 Å². The summed E-state index contributed by atoms with van der Waals surface area (Å²) in [5.41, 5.74) is 6.09. The lowest BCUT2D eigenvalue weighted by Gasteiger charge is -2.35. The van der Waals surface area contributed by atoms with Gasteiger partial charge in [0.2, 0.25) is 0 Å². The molecule has 0 amide bonds. The van der Waals surface area contributed by atoms with E-state index in [1.807, 2.05) is 0 Å². The van der Waals surface area contributed by atoms with Gasteiger partial charge in [0.15, 0.2) is 0 Å². The summed E-state index contributed by atoms with van der Waals surface area (Å²) in [4.78, 5) is 0. The van der Waals surface area contributed by atoms with Crippen LogP contribution in [0.1, 0.15) is 44.9 Å². The molecular formula is C10H19N. The Kier molecular flexibility index (Phi) is 2.17. The Balaban J connectivity index is 1.67. The van der Waals surface area contributed by atoms with E-state index in [1.165, 1.54) is 44.9 Å². The fraction of sp³-hybridized carbons (Fsp3) is 1.00. The van der Waals surface area contributed by atoms with Crippen LogP contribution in [0.25, 0.3) is 0 Å². The molecule has 0 aromatic rings. The minimum absolute atomic E-state index is 0.550. The van der Waals surface area contributed by atoms with E-state index in [9.17, 15) is 0 Å². The Morgan fingerprint density at radius 1 is 1.09 bits per heavy atom. The zero-order valence-corrected chi connectivity index (χ0v) is 7.26. The van der Waals surface area contributed by atoms with Gasteiger partial charge >= 0.3 is 0 Å². The molecule has 1 unspecified atom stereocenters. The summed E-state index contributed by atoms with van der Waals surface area (Å²) < 4.78 is 0. The Labute approximate surface area is 69.4 Å². The number of hydrogen-bond donors (Lipinski definition) is 1. The summed E-state index contributed by atoms with van der Waals surface area (Å²) in [6.07, 6.45) is 9.96. The molecule has 0 heterocycles. The standard InChI is InChI=1S/C10H19N/c11-10(9-5-2-6-9)7-8-3-1-4-8/h8-10H,1-7,11H2. The fourth-order valence-electron chi connectivity index (χ4n) is 2.17. The molecule has 1 nitrogen and oxygen atoms in total. The smallest absolute Gasteiger partial charge is 0.00697 e. The van der Waals surface area contributed by atoms with Gasteiger partial charge in [-0.05, 0) is 31.1 Å². The fourth-order valence-corrected chi connectivity index (χ4v) is 2.17. The first-order valence-corrected chi connectivity index (χ1v) is 5.12. The van der Waals surface area contributed by atoms with E-state index < -0.39 is 0 Å². The minimum atomic E-state index is 0.550. The van der Waals surface area contributed by atoms with E-state index in [0.29, 0.717) is 6.04 Å². The van der Waals surface area contributed by atoms with Crippen LogP contribution in [0.4, 0.5) is 0 Å². The maximum atomic E-state index is 6.09. The molecule has 0 saturated heterocycles. The van der Waals surface area contributed by atoms with Gasteiger partial charge in [-0.15, -0.1) is 0 Å². The molecule has 1 atom stereocenters. The molecule has 0 aliphatic heterocycles. The second-order valence-electron chi connectivity index (χ2n) is 4.39. The quantitative estimate of drug-likeness (QED) is 0.661. The Morgan fingerprint density at radius 2 is 1.73 bits per heavy atom. The van der Waals surface area contributed by atoms with Gasteiger partial charge in [-0.2, -0.15) is 0 Å². The van der Waals surface area contributed by atoms with E-state index in [4.69, 9.17) is 5.73 Å². The van der Waals surface area contributed by atoms with Crippen molar-refractivity contribution in [1.29, 1.82) is 0 Å². The Hall–Kier alpha value is -0.0400. The molecule has 2 aliphatic rings. The highest BCUT2D eigenvalue weighted by Crippen LogP contribution is 2.36. The van der Waals surface area contributed by atoms with Crippen LogP contribution in [0.5, 0.6) is 0 Å². The van der Waals surface area contributed by atoms with E-state index in [-0.39, 0.29) is 0 Å². The molecule has 2 saturated carbocycles. The SMILES string of the molecule is NC(CC1CCC1)C1CCC1. The summed E-state index contributed by atoms with van der Waals surface area (Å²) in [7, 11) is 0. The molecule has 2 fully saturated rings. The van der Waals surface area contributed by atoms with Crippen LogP contribution in [-0.4, -0.2) is 6.04 Å². The van der Waals surface area contributed by atoms with Gasteiger partial charge in [0.25, 0.3) is 0 Å². The first-order valence-electron chi connectivity index (χ1n) is 5.12. The van der Waals surface area contributed by atoms with Crippen molar-refractivity contribution in [2.45, 2.75) is 51.0 Å². The zero-order valence-electron chi connectivity index (χ0n) is 7.26. The van der Waals surface area contributed by atoms with Crippen molar-refractivity contribution in [2.75, 3.05) is 0 Å². The number of rotatable bonds is 3. The maximum Gasteiger partial charge on any atom is 0.00697 e.